The molecule has 0 atom stereocenters. The highest BCUT2D eigenvalue weighted by Crippen LogP contribution is 2.33. The maximum absolute atomic E-state index is 12.0. The number of fused-ring (bicyclic) bond motifs is 1. The first kappa shape index (κ1) is 13.8. The van der Waals surface area contributed by atoms with Crippen LogP contribution in [0.5, 0.6) is 11.5 Å². The molecular weight excluding hydrogens is 318 g/mol. The second kappa shape index (κ2) is 5.44. The Bertz CT molecular complexity index is 855. The molecule has 2 aromatic carbocycles. The van der Waals surface area contributed by atoms with Gasteiger partial charge in [-0.1, -0.05) is 17.7 Å². The van der Waals surface area contributed by atoms with Gasteiger partial charge in [0.05, 0.1) is 0 Å². The summed E-state index contributed by atoms with van der Waals surface area (Å²) in [5.41, 5.74) is 1.70. The van der Waals surface area contributed by atoms with E-state index in [1.54, 1.807) is 42.5 Å². The molecule has 0 N–H and O–H groups in total. The molecule has 0 saturated heterocycles. The average Bonchev–Trinajstić information content (AvgIpc) is 3.15. The van der Waals surface area contributed by atoms with Crippen molar-refractivity contribution in [1.29, 1.82) is 0 Å². The summed E-state index contributed by atoms with van der Waals surface area (Å²) >= 11 is 5.85. The lowest BCUT2D eigenvalue weighted by molar-refractivity contribution is -0.129. The summed E-state index contributed by atoms with van der Waals surface area (Å²) in [6.07, 6.45) is 1.65. The number of benzene rings is 2. The molecule has 6 heteroatoms. The number of nitrogens with zero attached hydrogens (tertiary/aromatic N) is 1. The van der Waals surface area contributed by atoms with Crippen LogP contribution in [0.25, 0.3) is 6.08 Å². The van der Waals surface area contributed by atoms with Gasteiger partial charge in [0.25, 0.3) is 0 Å². The van der Waals surface area contributed by atoms with Crippen molar-refractivity contribution in [1.82, 2.24) is 0 Å². The van der Waals surface area contributed by atoms with Crippen LogP contribution in [0.2, 0.25) is 5.02 Å². The number of rotatable bonds is 2. The summed E-state index contributed by atoms with van der Waals surface area (Å²) in [7, 11) is 0. The zero-order chi connectivity index (χ0) is 15.8. The van der Waals surface area contributed by atoms with E-state index < -0.39 is 5.97 Å². The maximum atomic E-state index is 12.0. The summed E-state index contributed by atoms with van der Waals surface area (Å²) in [6.45, 7) is 0.205. The molecule has 2 aliphatic heterocycles. The van der Waals surface area contributed by atoms with E-state index in [1.165, 1.54) is 0 Å². The quantitative estimate of drug-likeness (QED) is 0.626. The molecule has 2 aliphatic rings. The highest BCUT2D eigenvalue weighted by atomic mass is 35.5. The summed E-state index contributed by atoms with van der Waals surface area (Å²) in [5.74, 6) is 1.10. The Morgan fingerprint density at radius 3 is 2.65 bits per heavy atom. The van der Waals surface area contributed by atoms with E-state index in [0.717, 1.165) is 5.56 Å². The Kier molecular flexibility index (Phi) is 3.28. The van der Waals surface area contributed by atoms with Crippen LogP contribution < -0.4 is 9.47 Å². The molecule has 2 aromatic rings. The van der Waals surface area contributed by atoms with Crippen molar-refractivity contribution in [3.8, 4) is 11.5 Å². The van der Waals surface area contributed by atoms with Gasteiger partial charge in [0.2, 0.25) is 12.7 Å². The Labute approximate surface area is 136 Å². The lowest BCUT2D eigenvalue weighted by Gasteiger charge is -1.98. The number of hydrogen-bond acceptors (Lipinski definition) is 5. The minimum atomic E-state index is -0.493. The molecule has 0 saturated carbocycles. The number of aliphatic imine (C=N–C) groups is 1. The highest BCUT2D eigenvalue weighted by Gasteiger charge is 2.24. The second-order valence-corrected chi connectivity index (χ2v) is 5.39. The lowest BCUT2D eigenvalue weighted by atomic mass is 10.1. The van der Waals surface area contributed by atoms with Gasteiger partial charge in [-0.15, -0.1) is 0 Å². The topological polar surface area (TPSA) is 57.1 Å². The van der Waals surface area contributed by atoms with E-state index in [9.17, 15) is 4.79 Å². The van der Waals surface area contributed by atoms with Crippen LogP contribution in [0.1, 0.15) is 11.1 Å². The van der Waals surface area contributed by atoms with Crippen LogP contribution in [0.4, 0.5) is 0 Å². The molecule has 0 aliphatic carbocycles. The highest BCUT2D eigenvalue weighted by molar-refractivity contribution is 6.30. The molecule has 0 radical (unpaired) electrons. The first-order chi connectivity index (χ1) is 11.2. The van der Waals surface area contributed by atoms with Crippen LogP contribution in [0.15, 0.2) is 53.2 Å². The zero-order valence-corrected chi connectivity index (χ0v) is 12.5. The number of carbonyl (C=O) groups is 1. The lowest BCUT2D eigenvalue weighted by Crippen LogP contribution is -2.05. The predicted molar refractivity (Wildman–Crippen MR) is 84.6 cm³/mol. The molecule has 0 fully saturated rings. The Balaban J connectivity index is 1.65. The van der Waals surface area contributed by atoms with Crippen molar-refractivity contribution in [3.05, 3.63) is 64.3 Å². The van der Waals surface area contributed by atoms with Gasteiger partial charge in [0.15, 0.2) is 17.2 Å². The fourth-order valence-corrected chi connectivity index (χ4v) is 2.41. The van der Waals surface area contributed by atoms with Gasteiger partial charge in [-0.25, -0.2) is 9.79 Å². The minimum Gasteiger partial charge on any atom is -0.454 e. The monoisotopic (exact) mass is 327 g/mol. The molecule has 0 amide bonds. The molecule has 4 rings (SSSR count). The molecule has 23 heavy (non-hydrogen) atoms. The van der Waals surface area contributed by atoms with Gasteiger partial charge < -0.3 is 14.2 Å². The van der Waals surface area contributed by atoms with Crippen molar-refractivity contribution in [2.45, 2.75) is 0 Å². The largest absolute Gasteiger partial charge is 0.454 e. The third-order valence-electron chi connectivity index (χ3n) is 3.41. The van der Waals surface area contributed by atoms with E-state index in [1.807, 2.05) is 6.07 Å². The summed E-state index contributed by atoms with van der Waals surface area (Å²) in [5, 5.41) is 0.606. The second-order valence-electron chi connectivity index (χ2n) is 4.96. The van der Waals surface area contributed by atoms with Crippen molar-refractivity contribution in [2.75, 3.05) is 6.79 Å². The van der Waals surface area contributed by atoms with Crippen molar-refractivity contribution in [3.63, 3.8) is 0 Å². The Hall–Kier alpha value is -2.79. The summed E-state index contributed by atoms with van der Waals surface area (Å²) in [4.78, 5) is 16.2. The number of esters is 1. The minimum absolute atomic E-state index is 0.205. The third-order valence-corrected chi connectivity index (χ3v) is 3.66. The van der Waals surface area contributed by atoms with Crippen molar-refractivity contribution >= 4 is 29.5 Å². The molecule has 0 spiro atoms. The van der Waals surface area contributed by atoms with Gasteiger partial charge in [0.1, 0.15) is 0 Å². The van der Waals surface area contributed by atoms with Gasteiger partial charge in [-0.3, -0.25) is 0 Å². The molecule has 0 bridgehead atoms. The van der Waals surface area contributed by atoms with Crippen molar-refractivity contribution in [2.24, 2.45) is 4.99 Å². The number of halogens is 1. The summed E-state index contributed by atoms with van der Waals surface area (Å²) < 4.78 is 15.8. The zero-order valence-electron chi connectivity index (χ0n) is 11.8. The predicted octanol–water partition coefficient (Wildman–Crippen LogP) is 3.41. The number of cyclic esters (lactones) is 1. The van der Waals surface area contributed by atoms with Crippen LogP contribution in [-0.4, -0.2) is 18.7 Å². The maximum Gasteiger partial charge on any atom is 0.363 e. The first-order valence-electron chi connectivity index (χ1n) is 6.87. The Morgan fingerprint density at radius 2 is 1.83 bits per heavy atom. The Morgan fingerprint density at radius 1 is 1.04 bits per heavy atom. The molecule has 2 heterocycles. The molecular formula is C17H10ClNO4. The van der Waals surface area contributed by atoms with Crippen LogP contribution >= 0.6 is 11.6 Å². The number of carbonyl (C=O) groups excluding carboxylic acids is 1. The summed E-state index contributed by atoms with van der Waals surface area (Å²) in [6, 6.07) is 12.3. The number of ether oxygens (including phenoxy) is 3. The fraction of sp³-hybridized carbons (Fsp3) is 0.0588. The van der Waals surface area contributed by atoms with E-state index in [2.05, 4.69) is 4.99 Å². The number of hydrogen-bond donors (Lipinski definition) is 0. The molecule has 114 valence electrons. The third kappa shape index (κ3) is 2.66. The van der Waals surface area contributed by atoms with E-state index in [4.69, 9.17) is 25.8 Å². The van der Waals surface area contributed by atoms with Crippen molar-refractivity contribution < 1.29 is 19.0 Å². The molecule has 5 nitrogen and oxygen atoms in total. The van der Waals surface area contributed by atoms with Crippen LogP contribution in [0, 0.1) is 0 Å². The standard InChI is InChI=1S/C17H10ClNO4/c18-12-4-2-11(3-5-12)16-19-13(17(20)23-16)7-10-1-6-14-15(8-10)22-9-21-14/h1-8H,9H2. The van der Waals surface area contributed by atoms with E-state index >= 15 is 0 Å². The molecule has 0 unspecified atom stereocenters. The average molecular weight is 328 g/mol. The fourth-order valence-electron chi connectivity index (χ4n) is 2.29. The van der Waals surface area contributed by atoms with Gasteiger partial charge >= 0.3 is 5.97 Å². The van der Waals surface area contributed by atoms with Crippen LogP contribution in [0.3, 0.4) is 0 Å². The van der Waals surface area contributed by atoms with Gasteiger partial charge in [-0.2, -0.15) is 0 Å². The van der Waals surface area contributed by atoms with Gasteiger partial charge in [-0.05, 0) is 48.0 Å². The smallest absolute Gasteiger partial charge is 0.363 e. The van der Waals surface area contributed by atoms with E-state index in [-0.39, 0.29) is 18.4 Å². The first-order valence-corrected chi connectivity index (χ1v) is 7.25. The van der Waals surface area contributed by atoms with E-state index in [0.29, 0.717) is 22.1 Å². The van der Waals surface area contributed by atoms with Crippen LogP contribution in [-0.2, 0) is 9.53 Å². The normalized spacial score (nSPS) is 17.3. The SMILES string of the molecule is O=C1OC(c2ccc(Cl)cc2)=NC1=Cc1ccc2c(c1)OCO2. The van der Waals surface area contributed by atoms with Gasteiger partial charge in [0, 0.05) is 10.6 Å². The molecule has 0 aromatic heterocycles.